The molecule has 0 aliphatic carbocycles. The molecule has 128 valence electrons. The number of phenolic OH excluding ortho intramolecular Hbond substituents is 1. The molecule has 1 N–H and O–H groups in total. The van der Waals surface area contributed by atoms with E-state index in [2.05, 4.69) is 41.1 Å². The van der Waals surface area contributed by atoms with Crippen LogP contribution in [0.3, 0.4) is 0 Å². The minimum absolute atomic E-state index is 0.00324. The van der Waals surface area contributed by atoms with Crippen molar-refractivity contribution < 1.29 is 9.84 Å². The van der Waals surface area contributed by atoms with Crippen LogP contribution in [-0.4, -0.2) is 41.3 Å². The number of fused-ring (bicyclic) bond motifs is 1. The van der Waals surface area contributed by atoms with Crippen molar-refractivity contribution in [2.24, 2.45) is 0 Å². The first-order valence-electron chi connectivity index (χ1n) is 8.69. The molecule has 3 aromatic rings. The summed E-state index contributed by atoms with van der Waals surface area (Å²) in [5.74, 6) is 0.320. The van der Waals surface area contributed by atoms with E-state index >= 15 is 0 Å². The molecule has 1 atom stereocenters. The maximum absolute atomic E-state index is 10.8. The van der Waals surface area contributed by atoms with Gasteiger partial charge in [-0.3, -0.25) is 9.88 Å². The Kier molecular flexibility index (Phi) is 4.38. The highest BCUT2D eigenvalue weighted by Crippen LogP contribution is 2.37. The Hall–Kier alpha value is -2.43. The molecule has 2 heterocycles. The summed E-state index contributed by atoms with van der Waals surface area (Å²) in [4.78, 5) is 6.86. The van der Waals surface area contributed by atoms with Crippen molar-refractivity contribution >= 4 is 10.9 Å². The zero-order valence-corrected chi connectivity index (χ0v) is 14.4. The van der Waals surface area contributed by atoms with Gasteiger partial charge in [-0.1, -0.05) is 30.3 Å². The van der Waals surface area contributed by atoms with Gasteiger partial charge in [0.05, 0.1) is 24.8 Å². The fourth-order valence-corrected chi connectivity index (χ4v) is 3.63. The number of hydrogen-bond donors (Lipinski definition) is 1. The second kappa shape index (κ2) is 6.82. The predicted molar refractivity (Wildman–Crippen MR) is 98.8 cm³/mol. The maximum Gasteiger partial charge on any atom is 0.121 e. The number of morpholine rings is 1. The lowest BCUT2D eigenvalue weighted by Gasteiger charge is -2.36. The summed E-state index contributed by atoms with van der Waals surface area (Å²) in [5, 5.41) is 11.7. The first-order valence-corrected chi connectivity index (χ1v) is 8.69. The van der Waals surface area contributed by atoms with Gasteiger partial charge in [0.1, 0.15) is 5.75 Å². The zero-order valence-electron chi connectivity index (χ0n) is 14.4. The highest BCUT2D eigenvalue weighted by Gasteiger charge is 2.27. The van der Waals surface area contributed by atoms with E-state index in [0.29, 0.717) is 5.75 Å². The second-order valence-electron chi connectivity index (χ2n) is 6.51. The fourth-order valence-electron chi connectivity index (χ4n) is 3.63. The number of aryl methyl sites for hydroxylation is 1. The Morgan fingerprint density at radius 1 is 1.04 bits per heavy atom. The van der Waals surface area contributed by atoms with Gasteiger partial charge in [-0.2, -0.15) is 0 Å². The van der Waals surface area contributed by atoms with Crippen molar-refractivity contribution in [2.45, 2.75) is 13.0 Å². The molecule has 1 aromatic heterocycles. The van der Waals surface area contributed by atoms with Crippen LogP contribution in [0.25, 0.3) is 10.9 Å². The Morgan fingerprint density at radius 3 is 2.64 bits per heavy atom. The van der Waals surface area contributed by atoms with E-state index in [1.54, 1.807) is 6.20 Å². The van der Waals surface area contributed by atoms with Crippen molar-refractivity contribution in [3.05, 3.63) is 71.4 Å². The van der Waals surface area contributed by atoms with E-state index in [1.165, 1.54) is 11.1 Å². The van der Waals surface area contributed by atoms with Crippen molar-refractivity contribution in [1.29, 1.82) is 0 Å². The summed E-state index contributed by atoms with van der Waals surface area (Å²) in [7, 11) is 0. The number of benzene rings is 2. The van der Waals surface area contributed by atoms with Crippen molar-refractivity contribution in [3.63, 3.8) is 0 Å². The Labute approximate surface area is 147 Å². The van der Waals surface area contributed by atoms with Crippen LogP contribution < -0.4 is 0 Å². The molecule has 0 bridgehead atoms. The number of ether oxygens (including phenoxy) is 1. The number of rotatable bonds is 3. The van der Waals surface area contributed by atoms with Crippen LogP contribution in [0.1, 0.15) is 22.7 Å². The Morgan fingerprint density at radius 2 is 1.84 bits per heavy atom. The average Bonchev–Trinajstić information content (AvgIpc) is 2.65. The molecule has 1 fully saturated rings. The molecule has 1 unspecified atom stereocenters. The van der Waals surface area contributed by atoms with Gasteiger partial charge >= 0.3 is 0 Å². The van der Waals surface area contributed by atoms with Gasteiger partial charge in [0.25, 0.3) is 0 Å². The second-order valence-corrected chi connectivity index (χ2v) is 6.51. The molecule has 0 radical (unpaired) electrons. The van der Waals surface area contributed by atoms with Gasteiger partial charge in [0.15, 0.2) is 0 Å². The normalized spacial score (nSPS) is 16.8. The van der Waals surface area contributed by atoms with Crippen molar-refractivity contribution in [3.8, 4) is 5.75 Å². The SMILES string of the molecule is Cc1ccccc1C(c1cc2ncccc2cc1O)N1CCOCC1. The van der Waals surface area contributed by atoms with Crippen LogP contribution in [-0.2, 0) is 4.74 Å². The molecule has 2 aromatic carbocycles. The standard InChI is InChI=1S/C21H22N2O2/c1-15-5-2-3-7-17(15)21(23-9-11-25-12-10-23)18-14-19-16(13-20(18)24)6-4-8-22-19/h2-8,13-14,21,24H,9-12H2,1H3. The largest absolute Gasteiger partial charge is 0.508 e. The van der Waals surface area contributed by atoms with Crippen molar-refractivity contribution in [1.82, 2.24) is 9.88 Å². The third-order valence-corrected chi connectivity index (χ3v) is 4.94. The molecule has 1 aliphatic rings. The Bertz CT molecular complexity index is 888. The molecule has 25 heavy (non-hydrogen) atoms. The van der Waals surface area contributed by atoms with Gasteiger partial charge in [-0.05, 0) is 36.2 Å². The van der Waals surface area contributed by atoms with Gasteiger partial charge < -0.3 is 9.84 Å². The monoisotopic (exact) mass is 334 g/mol. The number of nitrogens with zero attached hydrogens (tertiary/aromatic N) is 2. The topological polar surface area (TPSA) is 45.6 Å². The number of hydrogen-bond acceptors (Lipinski definition) is 4. The first-order chi connectivity index (χ1) is 12.2. The lowest BCUT2D eigenvalue weighted by atomic mass is 9.92. The molecule has 0 amide bonds. The average molecular weight is 334 g/mol. The lowest BCUT2D eigenvalue weighted by Crippen LogP contribution is -2.39. The highest BCUT2D eigenvalue weighted by atomic mass is 16.5. The lowest BCUT2D eigenvalue weighted by molar-refractivity contribution is 0.0235. The number of pyridine rings is 1. The summed E-state index contributed by atoms with van der Waals surface area (Å²) in [5.41, 5.74) is 4.25. The van der Waals surface area contributed by atoms with E-state index in [1.807, 2.05) is 24.3 Å². The van der Waals surface area contributed by atoms with Crippen LogP contribution >= 0.6 is 0 Å². The van der Waals surface area contributed by atoms with E-state index in [9.17, 15) is 5.11 Å². The summed E-state index contributed by atoms with van der Waals surface area (Å²) < 4.78 is 5.54. The molecule has 4 nitrogen and oxygen atoms in total. The third-order valence-electron chi connectivity index (χ3n) is 4.94. The van der Waals surface area contributed by atoms with Crippen LogP contribution in [0, 0.1) is 6.92 Å². The smallest absolute Gasteiger partial charge is 0.121 e. The molecule has 0 saturated carbocycles. The van der Waals surface area contributed by atoms with Gasteiger partial charge in [0, 0.05) is 30.2 Å². The predicted octanol–water partition coefficient (Wildman–Crippen LogP) is 3.67. The van der Waals surface area contributed by atoms with E-state index < -0.39 is 0 Å². The zero-order chi connectivity index (χ0) is 17.2. The van der Waals surface area contributed by atoms with Crippen molar-refractivity contribution in [2.75, 3.05) is 26.3 Å². The van der Waals surface area contributed by atoms with Gasteiger partial charge in [-0.25, -0.2) is 0 Å². The van der Waals surface area contributed by atoms with E-state index in [4.69, 9.17) is 4.74 Å². The van der Waals surface area contributed by atoms with Crippen LogP contribution in [0.4, 0.5) is 0 Å². The minimum Gasteiger partial charge on any atom is -0.508 e. The van der Waals surface area contributed by atoms with Crippen LogP contribution in [0.2, 0.25) is 0 Å². The summed E-state index contributed by atoms with van der Waals surface area (Å²) in [6.45, 7) is 5.25. The minimum atomic E-state index is -0.00324. The molecular formula is C21H22N2O2. The van der Waals surface area contributed by atoms with E-state index in [-0.39, 0.29) is 6.04 Å². The number of phenols is 1. The molecule has 4 rings (SSSR count). The van der Waals surface area contributed by atoms with Crippen LogP contribution in [0.5, 0.6) is 5.75 Å². The van der Waals surface area contributed by atoms with Crippen LogP contribution in [0.15, 0.2) is 54.7 Å². The molecular weight excluding hydrogens is 312 g/mol. The summed E-state index contributed by atoms with van der Waals surface area (Å²) >= 11 is 0. The fraction of sp³-hybridized carbons (Fsp3) is 0.286. The maximum atomic E-state index is 10.8. The summed E-state index contributed by atoms with van der Waals surface area (Å²) in [6.07, 6.45) is 1.79. The first kappa shape index (κ1) is 16.1. The number of aromatic hydroxyl groups is 1. The molecule has 4 heteroatoms. The van der Waals surface area contributed by atoms with E-state index in [0.717, 1.165) is 42.8 Å². The molecule has 1 saturated heterocycles. The third kappa shape index (κ3) is 3.11. The Balaban J connectivity index is 1.88. The molecule has 0 spiro atoms. The highest BCUT2D eigenvalue weighted by molar-refractivity contribution is 5.81. The summed E-state index contributed by atoms with van der Waals surface area (Å²) in [6, 6.07) is 16.1. The van der Waals surface area contributed by atoms with Gasteiger partial charge in [0.2, 0.25) is 0 Å². The number of aromatic nitrogens is 1. The quantitative estimate of drug-likeness (QED) is 0.794. The molecule has 1 aliphatic heterocycles. The van der Waals surface area contributed by atoms with Gasteiger partial charge in [-0.15, -0.1) is 0 Å².